The van der Waals surface area contributed by atoms with E-state index in [0.29, 0.717) is 36.4 Å². The highest BCUT2D eigenvalue weighted by atomic mass is 16.5. The van der Waals surface area contributed by atoms with Crippen molar-refractivity contribution in [3.05, 3.63) is 52.6 Å². The van der Waals surface area contributed by atoms with Crippen LogP contribution in [0.5, 0.6) is 11.5 Å². The summed E-state index contributed by atoms with van der Waals surface area (Å²) >= 11 is 0. The van der Waals surface area contributed by atoms with Gasteiger partial charge < -0.3 is 19.7 Å². The quantitative estimate of drug-likeness (QED) is 0.883. The van der Waals surface area contributed by atoms with E-state index in [1.165, 1.54) is 0 Å². The molecule has 2 aromatic rings. The molecule has 0 saturated heterocycles. The molecule has 0 bridgehead atoms. The number of anilines is 1. The van der Waals surface area contributed by atoms with E-state index >= 15 is 0 Å². The molecule has 0 atom stereocenters. The normalized spacial score (nSPS) is 14.7. The van der Waals surface area contributed by atoms with Gasteiger partial charge in [-0.05, 0) is 53.8 Å². The number of ether oxygens (including phenoxy) is 2. The lowest BCUT2D eigenvalue weighted by Crippen LogP contribution is -2.33. The van der Waals surface area contributed by atoms with Gasteiger partial charge in [0.15, 0.2) is 11.5 Å². The summed E-state index contributed by atoms with van der Waals surface area (Å²) in [5, 5.41) is 2.97. The van der Waals surface area contributed by atoms with Gasteiger partial charge in [0, 0.05) is 25.1 Å². The van der Waals surface area contributed by atoms with Gasteiger partial charge in [-0.15, -0.1) is 0 Å². The molecule has 0 aromatic heterocycles. The number of hydrogen-bond donors (Lipinski definition) is 1. The molecule has 27 heavy (non-hydrogen) atoms. The molecule has 2 aliphatic rings. The SMILES string of the molecule is COc1ccc(CNC(=O)c2cc3c4c(c2)CCN4C(=O)CC3)cc1OC. The van der Waals surface area contributed by atoms with Crippen molar-refractivity contribution >= 4 is 17.5 Å². The maximum Gasteiger partial charge on any atom is 0.251 e. The Hall–Kier alpha value is -3.02. The van der Waals surface area contributed by atoms with Crippen LogP contribution in [0.1, 0.15) is 33.5 Å². The van der Waals surface area contributed by atoms with Crippen LogP contribution in [-0.2, 0) is 24.2 Å². The Labute approximate surface area is 158 Å². The average molecular weight is 366 g/mol. The fourth-order valence-corrected chi connectivity index (χ4v) is 3.86. The van der Waals surface area contributed by atoms with Crippen molar-refractivity contribution in [2.45, 2.75) is 25.8 Å². The minimum Gasteiger partial charge on any atom is -0.493 e. The van der Waals surface area contributed by atoms with Crippen LogP contribution in [0.15, 0.2) is 30.3 Å². The Bertz CT molecular complexity index is 923. The first-order valence-corrected chi connectivity index (χ1v) is 9.06. The predicted octanol–water partition coefficient (Wildman–Crippen LogP) is 2.47. The third-order valence-corrected chi connectivity index (χ3v) is 5.21. The zero-order chi connectivity index (χ0) is 19.0. The minimum atomic E-state index is -0.112. The molecule has 2 aliphatic heterocycles. The summed E-state index contributed by atoms with van der Waals surface area (Å²) in [4.78, 5) is 26.6. The summed E-state index contributed by atoms with van der Waals surface area (Å²) in [7, 11) is 3.18. The van der Waals surface area contributed by atoms with E-state index in [4.69, 9.17) is 9.47 Å². The highest BCUT2D eigenvalue weighted by Crippen LogP contribution is 2.37. The highest BCUT2D eigenvalue weighted by Gasteiger charge is 2.31. The zero-order valence-electron chi connectivity index (χ0n) is 15.5. The van der Waals surface area contributed by atoms with Crippen LogP contribution in [0.2, 0.25) is 0 Å². The van der Waals surface area contributed by atoms with E-state index in [-0.39, 0.29) is 11.8 Å². The number of rotatable bonds is 5. The molecule has 1 N–H and O–H groups in total. The third-order valence-electron chi connectivity index (χ3n) is 5.21. The molecule has 0 spiro atoms. The zero-order valence-corrected chi connectivity index (χ0v) is 15.5. The molecule has 0 aliphatic carbocycles. The number of aryl methyl sites for hydroxylation is 1. The van der Waals surface area contributed by atoms with Crippen LogP contribution in [-0.4, -0.2) is 32.6 Å². The molecular weight excluding hydrogens is 344 g/mol. The first kappa shape index (κ1) is 17.4. The van der Waals surface area contributed by atoms with Crippen molar-refractivity contribution < 1.29 is 19.1 Å². The van der Waals surface area contributed by atoms with E-state index in [1.807, 2.05) is 35.2 Å². The summed E-state index contributed by atoms with van der Waals surface area (Å²) in [6, 6.07) is 9.42. The summed E-state index contributed by atoms with van der Waals surface area (Å²) in [5.41, 5.74) is 4.81. The summed E-state index contributed by atoms with van der Waals surface area (Å²) in [6.07, 6.45) is 2.03. The first-order valence-electron chi connectivity index (χ1n) is 9.06. The second kappa shape index (κ2) is 6.95. The summed E-state index contributed by atoms with van der Waals surface area (Å²) in [5.74, 6) is 1.37. The lowest BCUT2D eigenvalue weighted by Gasteiger charge is -2.25. The molecule has 2 heterocycles. The molecule has 6 heteroatoms. The predicted molar refractivity (Wildman–Crippen MR) is 102 cm³/mol. The topological polar surface area (TPSA) is 67.9 Å². The van der Waals surface area contributed by atoms with E-state index in [9.17, 15) is 9.59 Å². The molecule has 140 valence electrons. The van der Waals surface area contributed by atoms with Crippen molar-refractivity contribution in [1.29, 1.82) is 0 Å². The Morgan fingerprint density at radius 2 is 1.78 bits per heavy atom. The fraction of sp³-hybridized carbons (Fsp3) is 0.333. The minimum absolute atomic E-state index is 0.112. The first-order chi connectivity index (χ1) is 13.1. The van der Waals surface area contributed by atoms with Crippen LogP contribution >= 0.6 is 0 Å². The largest absolute Gasteiger partial charge is 0.493 e. The van der Waals surface area contributed by atoms with Crippen molar-refractivity contribution in [2.24, 2.45) is 0 Å². The molecular formula is C21H22N2O4. The van der Waals surface area contributed by atoms with Crippen LogP contribution < -0.4 is 19.7 Å². The van der Waals surface area contributed by atoms with Crippen molar-refractivity contribution in [1.82, 2.24) is 5.32 Å². The molecule has 0 saturated carbocycles. The Kier molecular flexibility index (Phi) is 4.48. The second-order valence-electron chi connectivity index (χ2n) is 6.81. The maximum atomic E-state index is 12.7. The van der Waals surface area contributed by atoms with E-state index in [0.717, 1.165) is 35.3 Å². The van der Waals surface area contributed by atoms with Gasteiger partial charge in [-0.3, -0.25) is 9.59 Å². The Morgan fingerprint density at radius 3 is 2.52 bits per heavy atom. The molecule has 0 unspecified atom stereocenters. The lowest BCUT2D eigenvalue weighted by molar-refractivity contribution is -0.118. The number of benzene rings is 2. The van der Waals surface area contributed by atoms with Crippen molar-refractivity contribution in [2.75, 3.05) is 25.7 Å². The number of nitrogens with zero attached hydrogens (tertiary/aromatic N) is 1. The number of methoxy groups -OCH3 is 2. The van der Waals surface area contributed by atoms with Crippen LogP contribution in [0.3, 0.4) is 0 Å². The third kappa shape index (κ3) is 3.12. The van der Waals surface area contributed by atoms with Gasteiger partial charge in [0.25, 0.3) is 5.91 Å². The molecule has 2 amide bonds. The summed E-state index contributed by atoms with van der Waals surface area (Å²) in [6.45, 7) is 1.12. The molecule has 0 fully saturated rings. The molecule has 0 radical (unpaired) electrons. The van der Waals surface area contributed by atoms with Gasteiger partial charge in [-0.1, -0.05) is 6.07 Å². The lowest BCUT2D eigenvalue weighted by atomic mass is 9.96. The number of carbonyl (C=O) groups is 2. The van der Waals surface area contributed by atoms with E-state index in [1.54, 1.807) is 14.2 Å². The van der Waals surface area contributed by atoms with E-state index in [2.05, 4.69) is 5.32 Å². The van der Waals surface area contributed by atoms with Crippen molar-refractivity contribution in [3.8, 4) is 11.5 Å². The Morgan fingerprint density at radius 1 is 1.04 bits per heavy atom. The summed E-state index contributed by atoms with van der Waals surface area (Å²) < 4.78 is 10.5. The van der Waals surface area contributed by atoms with Gasteiger partial charge in [-0.2, -0.15) is 0 Å². The number of carbonyl (C=O) groups excluding carboxylic acids is 2. The highest BCUT2D eigenvalue weighted by molar-refractivity contribution is 6.01. The number of amides is 2. The van der Waals surface area contributed by atoms with Crippen molar-refractivity contribution in [3.63, 3.8) is 0 Å². The monoisotopic (exact) mass is 366 g/mol. The number of nitrogens with one attached hydrogen (secondary N) is 1. The molecule has 4 rings (SSSR count). The maximum absolute atomic E-state index is 12.7. The fourth-order valence-electron chi connectivity index (χ4n) is 3.86. The molecule has 6 nitrogen and oxygen atoms in total. The van der Waals surface area contributed by atoms with Crippen LogP contribution in [0, 0.1) is 0 Å². The van der Waals surface area contributed by atoms with Crippen LogP contribution in [0.4, 0.5) is 5.69 Å². The number of hydrogen-bond acceptors (Lipinski definition) is 4. The smallest absolute Gasteiger partial charge is 0.251 e. The van der Waals surface area contributed by atoms with E-state index < -0.39 is 0 Å². The van der Waals surface area contributed by atoms with Gasteiger partial charge in [0.1, 0.15) is 0 Å². The molecule has 2 aromatic carbocycles. The van der Waals surface area contributed by atoms with Crippen LogP contribution in [0.25, 0.3) is 0 Å². The van der Waals surface area contributed by atoms with Gasteiger partial charge in [0.2, 0.25) is 5.91 Å². The van der Waals surface area contributed by atoms with Gasteiger partial charge >= 0.3 is 0 Å². The van der Waals surface area contributed by atoms with Gasteiger partial charge in [0.05, 0.1) is 19.9 Å². The van der Waals surface area contributed by atoms with Gasteiger partial charge in [-0.25, -0.2) is 0 Å². The second-order valence-corrected chi connectivity index (χ2v) is 6.81. The Balaban J connectivity index is 1.51. The standard InChI is InChI=1S/C21H22N2O4/c1-26-17-5-3-13(9-18(17)27-2)12-22-21(25)16-10-14-4-6-19(24)23-8-7-15(11-16)20(14)23/h3,5,9-11H,4,6-8,12H2,1-2H3,(H,22,25). The average Bonchev–Trinajstić information content (AvgIpc) is 3.14.